The van der Waals surface area contributed by atoms with Crippen molar-refractivity contribution in [3.8, 4) is 11.3 Å². The molecule has 17 heavy (non-hydrogen) atoms. The van der Waals surface area contributed by atoms with Crippen molar-refractivity contribution in [2.45, 2.75) is 18.9 Å². The Balaban J connectivity index is 2.28. The van der Waals surface area contributed by atoms with Gasteiger partial charge in [0.05, 0.1) is 5.69 Å². The molecule has 2 aromatic heterocycles. The van der Waals surface area contributed by atoms with Crippen molar-refractivity contribution < 1.29 is 0 Å². The quantitative estimate of drug-likeness (QED) is 0.826. The fraction of sp³-hybridized carbons (Fsp3) is 0.250. The van der Waals surface area contributed by atoms with Crippen LogP contribution in [0.3, 0.4) is 0 Å². The van der Waals surface area contributed by atoms with E-state index in [9.17, 15) is 4.79 Å². The topological polar surface area (TPSA) is 50.7 Å². The number of aromatic nitrogens is 3. The molecular formula is C12H11N3OS. The van der Waals surface area contributed by atoms with Crippen LogP contribution in [-0.4, -0.2) is 14.5 Å². The minimum absolute atomic E-state index is 0.119. The van der Waals surface area contributed by atoms with Crippen LogP contribution in [0.15, 0.2) is 35.4 Å². The van der Waals surface area contributed by atoms with Gasteiger partial charge in [0.1, 0.15) is 4.64 Å². The van der Waals surface area contributed by atoms with Crippen molar-refractivity contribution in [3.63, 3.8) is 0 Å². The molecule has 0 unspecified atom stereocenters. The Bertz CT molecular complexity index is 655. The molecule has 5 heteroatoms. The smallest absolute Gasteiger partial charge is 0.298 e. The lowest BCUT2D eigenvalue weighted by Gasteiger charge is -2.11. The molecule has 1 aliphatic carbocycles. The summed E-state index contributed by atoms with van der Waals surface area (Å²) in [5.74, 6) is 0. The molecule has 1 saturated carbocycles. The SMILES string of the molecule is O=c1[nH]c(=S)cc(-c2ccncc2)n1C1CC1. The number of H-pyrrole nitrogens is 1. The Hall–Kier alpha value is -1.75. The Morgan fingerprint density at radius 1 is 1.35 bits per heavy atom. The number of nitrogens with one attached hydrogen (secondary N) is 1. The third-order valence-corrected chi connectivity index (χ3v) is 3.08. The zero-order chi connectivity index (χ0) is 11.8. The van der Waals surface area contributed by atoms with Crippen LogP contribution < -0.4 is 5.69 Å². The van der Waals surface area contributed by atoms with Crippen LogP contribution >= 0.6 is 12.2 Å². The molecule has 0 bridgehead atoms. The molecule has 1 N–H and O–H groups in total. The van der Waals surface area contributed by atoms with Crippen LogP contribution in [0.4, 0.5) is 0 Å². The maximum atomic E-state index is 11.9. The molecule has 86 valence electrons. The lowest BCUT2D eigenvalue weighted by atomic mass is 10.2. The second kappa shape index (κ2) is 3.92. The van der Waals surface area contributed by atoms with Gasteiger partial charge in [-0.25, -0.2) is 4.79 Å². The van der Waals surface area contributed by atoms with E-state index in [2.05, 4.69) is 9.97 Å². The Morgan fingerprint density at radius 3 is 2.71 bits per heavy atom. The van der Waals surface area contributed by atoms with Gasteiger partial charge >= 0.3 is 5.69 Å². The molecule has 0 amide bonds. The first-order valence-electron chi connectivity index (χ1n) is 5.52. The summed E-state index contributed by atoms with van der Waals surface area (Å²) in [6, 6.07) is 5.94. The fourth-order valence-corrected chi connectivity index (χ4v) is 2.14. The van der Waals surface area contributed by atoms with Gasteiger partial charge in [0.15, 0.2) is 0 Å². The first kappa shape index (κ1) is 10.4. The van der Waals surface area contributed by atoms with E-state index in [0.29, 0.717) is 10.7 Å². The molecule has 3 rings (SSSR count). The zero-order valence-electron chi connectivity index (χ0n) is 9.09. The van der Waals surface area contributed by atoms with Crippen molar-refractivity contribution in [1.29, 1.82) is 0 Å². The van der Waals surface area contributed by atoms with Crippen molar-refractivity contribution in [2.24, 2.45) is 0 Å². The molecule has 1 fully saturated rings. The molecule has 4 nitrogen and oxygen atoms in total. The van der Waals surface area contributed by atoms with E-state index < -0.39 is 0 Å². The highest BCUT2D eigenvalue weighted by Gasteiger charge is 2.27. The average Bonchev–Trinajstić information content (AvgIpc) is 3.13. The van der Waals surface area contributed by atoms with E-state index in [1.54, 1.807) is 17.0 Å². The van der Waals surface area contributed by atoms with E-state index in [1.807, 2.05) is 18.2 Å². The van der Waals surface area contributed by atoms with Gasteiger partial charge in [0.2, 0.25) is 0 Å². The van der Waals surface area contributed by atoms with Crippen LogP contribution in [0.5, 0.6) is 0 Å². The minimum Gasteiger partial charge on any atom is -0.298 e. The number of aromatic amines is 1. The predicted molar refractivity (Wildman–Crippen MR) is 67.4 cm³/mol. The third kappa shape index (κ3) is 1.93. The fourth-order valence-electron chi connectivity index (χ4n) is 1.95. The summed E-state index contributed by atoms with van der Waals surface area (Å²) in [7, 11) is 0. The average molecular weight is 245 g/mol. The highest BCUT2D eigenvalue weighted by Crippen LogP contribution is 2.36. The van der Waals surface area contributed by atoms with E-state index in [4.69, 9.17) is 12.2 Å². The predicted octanol–water partition coefficient (Wildman–Crippen LogP) is 2.30. The van der Waals surface area contributed by atoms with Gasteiger partial charge in [-0.15, -0.1) is 0 Å². The second-order valence-corrected chi connectivity index (χ2v) is 4.60. The van der Waals surface area contributed by atoms with Gasteiger partial charge in [0.25, 0.3) is 0 Å². The summed E-state index contributed by atoms with van der Waals surface area (Å²) in [4.78, 5) is 18.6. The van der Waals surface area contributed by atoms with Crippen molar-refractivity contribution in [2.75, 3.05) is 0 Å². The maximum absolute atomic E-state index is 11.9. The summed E-state index contributed by atoms with van der Waals surface area (Å²) >= 11 is 5.07. The van der Waals surface area contributed by atoms with E-state index >= 15 is 0 Å². The molecule has 2 aromatic rings. The van der Waals surface area contributed by atoms with Crippen LogP contribution in [0, 0.1) is 4.64 Å². The molecule has 1 aliphatic rings. The summed E-state index contributed by atoms with van der Waals surface area (Å²) in [6.45, 7) is 0. The van der Waals surface area contributed by atoms with Crippen LogP contribution in [0.1, 0.15) is 18.9 Å². The van der Waals surface area contributed by atoms with Gasteiger partial charge in [-0.05, 0) is 31.0 Å². The number of nitrogens with zero attached hydrogens (tertiary/aromatic N) is 2. The van der Waals surface area contributed by atoms with Crippen molar-refractivity contribution in [3.05, 3.63) is 45.7 Å². The first-order chi connectivity index (χ1) is 8.25. The molecule has 0 aromatic carbocycles. The zero-order valence-corrected chi connectivity index (χ0v) is 9.91. The molecule has 0 radical (unpaired) electrons. The lowest BCUT2D eigenvalue weighted by molar-refractivity contribution is 0.687. The van der Waals surface area contributed by atoms with Crippen molar-refractivity contribution >= 4 is 12.2 Å². The van der Waals surface area contributed by atoms with Crippen LogP contribution in [0.25, 0.3) is 11.3 Å². The number of rotatable bonds is 2. The monoisotopic (exact) mass is 245 g/mol. The first-order valence-corrected chi connectivity index (χ1v) is 5.93. The second-order valence-electron chi connectivity index (χ2n) is 4.16. The standard InChI is InChI=1S/C12H11N3OS/c16-12-14-11(17)7-10(15(12)9-1-2-9)8-3-5-13-6-4-8/h3-7,9H,1-2H2,(H,14,16,17). The van der Waals surface area contributed by atoms with Gasteiger partial charge in [-0.1, -0.05) is 12.2 Å². The van der Waals surface area contributed by atoms with Gasteiger partial charge in [0, 0.05) is 24.0 Å². The third-order valence-electron chi connectivity index (χ3n) is 2.86. The summed E-state index contributed by atoms with van der Waals surface area (Å²) in [5, 5.41) is 0. The van der Waals surface area contributed by atoms with Crippen LogP contribution in [0.2, 0.25) is 0 Å². The van der Waals surface area contributed by atoms with E-state index in [1.165, 1.54) is 0 Å². The normalized spacial score (nSPS) is 14.8. The van der Waals surface area contributed by atoms with Crippen molar-refractivity contribution in [1.82, 2.24) is 14.5 Å². The number of hydrogen-bond donors (Lipinski definition) is 1. The molecule has 0 atom stereocenters. The van der Waals surface area contributed by atoms with E-state index in [-0.39, 0.29) is 5.69 Å². The molecule has 0 saturated heterocycles. The van der Waals surface area contributed by atoms with Crippen LogP contribution in [-0.2, 0) is 0 Å². The molecule has 0 aliphatic heterocycles. The molecule has 2 heterocycles. The number of hydrogen-bond acceptors (Lipinski definition) is 3. The maximum Gasteiger partial charge on any atom is 0.327 e. The largest absolute Gasteiger partial charge is 0.327 e. The van der Waals surface area contributed by atoms with Gasteiger partial charge in [-0.3, -0.25) is 14.5 Å². The highest BCUT2D eigenvalue weighted by atomic mass is 32.1. The highest BCUT2D eigenvalue weighted by molar-refractivity contribution is 7.71. The van der Waals surface area contributed by atoms with Gasteiger partial charge in [-0.2, -0.15) is 0 Å². The Kier molecular flexibility index (Phi) is 2.40. The summed E-state index contributed by atoms with van der Waals surface area (Å²) < 4.78 is 2.27. The summed E-state index contributed by atoms with van der Waals surface area (Å²) in [6.07, 6.45) is 5.55. The Labute approximate surface area is 103 Å². The summed E-state index contributed by atoms with van der Waals surface area (Å²) in [5.41, 5.74) is 1.74. The Morgan fingerprint density at radius 2 is 2.06 bits per heavy atom. The van der Waals surface area contributed by atoms with Gasteiger partial charge < -0.3 is 0 Å². The minimum atomic E-state index is -0.119. The molecular weight excluding hydrogens is 234 g/mol. The van der Waals surface area contributed by atoms with E-state index in [0.717, 1.165) is 24.1 Å². The number of pyridine rings is 1. The molecule has 0 spiro atoms. The lowest BCUT2D eigenvalue weighted by Crippen LogP contribution is -2.23.